The van der Waals surface area contributed by atoms with E-state index < -0.39 is 0 Å². The second kappa shape index (κ2) is 6.64. The van der Waals surface area contributed by atoms with E-state index in [0.29, 0.717) is 18.7 Å². The highest BCUT2D eigenvalue weighted by molar-refractivity contribution is 5.19. The highest BCUT2D eigenvalue weighted by Gasteiger charge is 2.36. The first-order valence-corrected chi connectivity index (χ1v) is 7.50. The Morgan fingerprint density at radius 1 is 1.20 bits per heavy atom. The molecule has 2 N–H and O–H groups in total. The summed E-state index contributed by atoms with van der Waals surface area (Å²) in [6.07, 6.45) is 5.68. The number of rotatable bonds is 5. The first-order valence-electron chi connectivity index (χ1n) is 7.50. The molecule has 0 unspecified atom stereocenters. The van der Waals surface area contributed by atoms with Gasteiger partial charge in [-0.25, -0.2) is 8.78 Å². The predicted molar refractivity (Wildman–Crippen MR) is 77.3 cm³/mol. The summed E-state index contributed by atoms with van der Waals surface area (Å²) < 4.78 is 27.1. The fourth-order valence-electron chi connectivity index (χ4n) is 3.34. The summed E-state index contributed by atoms with van der Waals surface area (Å²) in [5.74, 6) is -0.726. The lowest BCUT2D eigenvalue weighted by atomic mass is 9.80. The molecule has 112 valence electrons. The van der Waals surface area contributed by atoms with E-state index in [1.54, 1.807) is 0 Å². The first kappa shape index (κ1) is 15.4. The van der Waals surface area contributed by atoms with Crippen LogP contribution in [0.5, 0.6) is 0 Å². The molecule has 1 saturated carbocycles. The lowest BCUT2D eigenvalue weighted by molar-refractivity contribution is 0.0536. The summed E-state index contributed by atoms with van der Waals surface area (Å²) in [5, 5.41) is 0. The lowest BCUT2D eigenvalue weighted by Gasteiger charge is -2.45. The van der Waals surface area contributed by atoms with E-state index in [2.05, 4.69) is 11.8 Å². The Morgan fingerprint density at radius 3 is 2.50 bits per heavy atom. The summed E-state index contributed by atoms with van der Waals surface area (Å²) in [5.41, 5.74) is 6.40. The van der Waals surface area contributed by atoms with Gasteiger partial charge in [0, 0.05) is 24.2 Å². The Labute approximate surface area is 120 Å². The average Bonchev–Trinajstić information content (AvgIpc) is 2.48. The molecular formula is C16H24F2N2. The molecule has 0 radical (unpaired) electrons. The number of likely N-dealkylation sites (N-methyl/N-ethyl adjacent to an activating group) is 1. The van der Waals surface area contributed by atoms with Crippen LogP contribution in [0, 0.1) is 11.6 Å². The lowest BCUT2D eigenvalue weighted by Crippen LogP contribution is -2.54. The van der Waals surface area contributed by atoms with E-state index in [0.717, 1.165) is 25.5 Å². The van der Waals surface area contributed by atoms with Gasteiger partial charge in [0.2, 0.25) is 0 Å². The molecule has 1 aromatic carbocycles. The van der Waals surface area contributed by atoms with Crippen LogP contribution >= 0.6 is 0 Å². The summed E-state index contributed by atoms with van der Waals surface area (Å²) in [6.45, 7) is 3.87. The Balaban J connectivity index is 2.21. The second-order valence-electron chi connectivity index (χ2n) is 5.74. The number of nitrogens with zero attached hydrogens (tertiary/aromatic N) is 1. The van der Waals surface area contributed by atoms with E-state index in [4.69, 9.17) is 5.73 Å². The van der Waals surface area contributed by atoms with Crippen molar-refractivity contribution in [2.45, 2.75) is 51.1 Å². The second-order valence-corrected chi connectivity index (χ2v) is 5.74. The van der Waals surface area contributed by atoms with E-state index in [1.807, 2.05) is 0 Å². The Bertz CT molecular complexity index is 442. The maximum absolute atomic E-state index is 13.8. The summed E-state index contributed by atoms with van der Waals surface area (Å²) in [6, 6.07) is 3.66. The average molecular weight is 282 g/mol. The maximum atomic E-state index is 13.8. The summed E-state index contributed by atoms with van der Waals surface area (Å²) >= 11 is 0. The van der Waals surface area contributed by atoms with Gasteiger partial charge in [0.05, 0.1) is 0 Å². The minimum Gasteiger partial charge on any atom is -0.329 e. The molecule has 2 rings (SSSR count). The smallest absolute Gasteiger partial charge is 0.127 e. The predicted octanol–water partition coefficient (Wildman–Crippen LogP) is 3.45. The maximum Gasteiger partial charge on any atom is 0.127 e. The molecule has 0 saturated heterocycles. The van der Waals surface area contributed by atoms with Crippen LogP contribution in [-0.4, -0.2) is 23.5 Å². The van der Waals surface area contributed by atoms with Crippen molar-refractivity contribution >= 4 is 0 Å². The van der Waals surface area contributed by atoms with Gasteiger partial charge in [-0.3, -0.25) is 4.90 Å². The monoisotopic (exact) mass is 282 g/mol. The summed E-state index contributed by atoms with van der Waals surface area (Å²) in [4.78, 5) is 2.23. The number of benzene rings is 1. The molecule has 0 aliphatic heterocycles. The van der Waals surface area contributed by atoms with E-state index in [1.165, 1.54) is 31.4 Å². The van der Waals surface area contributed by atoms with Gasteiger partial charge in [-0.15, -0.1) is 0 Å². The molecule has 1 aromatic rings. The van der Waals surface area contributed by atoms with Crippen molar-refractivity contribution in [2.75, 3.05) is 13.1 Å². The van der Waals surface area contributed by atoms with Gasteiger partial charge in [0.15, 0.2) is 0 Å². The summed E-state index contributed by atoms with van der Waals surface area (Å²) in [7, 11) is 0. The number of hydrogen-bond donors (Lipinski definition) is 1. The minimum absolute atomic E-state index is 0.0498. The third-order valence-corrected chi connectivity index (χ3v) is 4.59. The standard InChI is InChI=1S/C16H24F2N2/c1-2-20(16(12-19)8-4-3-5-9-16)11-13-10-14(17)6-7-15(13)18/h6-7,10H,2-5,8-9,11-12,19H2,1H3. The van der Waals surface area contributed by atoms with Crippen molar-refractivity contribution in [3.8, 4) is 0 Å². The molecule has 20 heavy (non-hydrogen) atoms. The quantitative estimate of drug-likeness (QED) is 0.896. The van der Waals surface area contributed by atoms with Crippen molar-refractivity contribution in [1.82, 2.24) is 4.90 Å². The van der Waals surface area contributed by atoms with Crippen LogP contribution in [0.15, 0.2) is 18.2 Å². The highest BCUT2D eigenvalue weighted by atomic mass is 19.1. The van der Waals surface area contributed by atoms with Crippen LogP contribution < -0.4 is 5.73 Å². The fraction of sp³-hybridized carbons (Fsp3) is 0.625. The van der Waals surface area contributed by atoms with Crippen molar-refractivity contribution in [2.24, 2.45) is 5.73 Å². The molecule has 4 heteroatoms. The van der Waals surface area contributed by atoms with Crippen LogP contribution in [0.25, 0.3) is 0 Å². The van der Waals surface area contributed by atoms with Gasteiger partial charge in [-0.2, -0.15) is 0 Å². The molecule has 1 aliphatic carbocycles. The van der Waals surface area contributed by atoms with Gasteiger partial charge in [0.25, 0.3) is 0 Å². The minimum atomic E-state index is -0.386. The SMILES string of the molecule is CCN(Cc1cc(F)ccc1F)C1(CN)CCCCC1. The van der Waals surface area contributed by atoms with Gasteiger partial charge >= 0.3 is 0 Å². The first-order chi connectivity index (χ1) is 9.61. The van der Waals surface area contributed by atoms with Gasteiger partial charge < -0.3 is 5.73 Å². The van der Waals surface area contributed by atoms with Crippen LogP contribution in [-0.2, 0) is 6.54 Å². The van der Waals surface area contributed by atoms with Crippen LogP contribution in [0.4, 0.5) is 8.78 Å². The van der Waals surface area contributed by atoms with Crippen molar-refractivity contribution < 1.29 is 8.78 Å². The van der Waals surface area contributed by atoms with Crippen molar-refractivity contribution in [3.05, 3.63) is 35.4 Å². The third kappa shape index (κ3) is 3.18. The molecule has 2 nitrogen and oxygen atoms in total. The van der Waals surface area contributed by atoms with Crippen molar-refractivity contribution in [1.29, 1.82) is 0 Å². The third-order valence-electron chi connectivity index (χ3n) is 4.59. The van der Waals surface area contributed by atoms with Gasteiger partial charge in [0.1, 0.15) is 11.6 Å². The zero-order valence-electron chi connectivity index (χ0n) is 12.2. The zero-order chi connectivity index (χ0) is 14.6. The van der Waals surface area contributed by atoms with Crippen LogP contribution in [0.1, 0.15) is 44.6 Å². The highest BCUT2D eigenvalue weighted by Crippen LogP contribution is 2.34. The fourth-order valence-corrected chi connectivity index (χ4v) is 3.34. The molecule has 0 bridgehead atoms. The topological polar surface area (TPSA) is 29.3 Å². The molecule has 0 heterocycles. The number of hydrogen-bond acceptors (Lipinski definition) is 2. The van der Waals surface area contributed by atoms with Gasteiger partial charge in [-0.1, -0.05) is 26.2 Å². The van der Waals surface area contributed by atoms with E-state index in [9.17, 15) is 8.78 Å². The van der Waals surface area contributed by atoms with E-state index >= 15 is 0 Å². The van der Waals surface area contributed by atoms with Crippen LogP contribution in [0.3, 0.4) is 0 Å². The molecule has 0 spiro atoms. The molecule has 0 atom stereocenters. The molecule has 0 aromatic heterocycles. The Hall–Kier alpha value is -1.00. The normalized spacial score (nSPS) is 18.4. The molecule has 1 fully saturated rings. The zero-order valence-corrected chi connectivity index (χ0v) is 12.2. The van der Waals surface area contributed by atoms with E-state index in [-0.39, 0.29) is 17.2 Å². The number of nitrogens with two attached hydrogens (primary N) is 1. The van der Waals surface area contributed by atoms with Crippen LogP contribution in [0.2, 0.25) is 0 Å². The Morgan fingerprint density at radius 2 is 1.90 bits per heavy atom. The molecule has 1 aliphatic rings. The van der Waals surface area contributed by atoms with Crippen molar-refractivity contribution in [3.63, 3.8) is 0 Å². The Kier molecular flexibility index (Phi) is 5.11. The molecule has 0 amide bonds. The number of halogens is 2. The van der Waals surface area contributed by atoms with Gasteiger partial charge in [-0.05, 0) is 37.6 Å². The molecular weight excluding hydrogens is 258 g/mol. The largest absolute Gasteiger partial charge is 0.329 e.